The number of nitrogens with one attached hydrogen (secondary N) is 1. The van der Waals surface area contributed by atoms with Gasteiger partial charge in [-0.05, 0) is 44.6 Å². The maximum Gasteiger partial charge on any atom is 0.153 e. The predicted octanol–water partition coefficient (Wildman–Crippen LogP) is 3.68. The summed E-state index contributed by atoms with van der Waals surface area (Å²) < 4.78 is 11.1. The fraction of sp³-hybridized carbons (Fsp3) is 0.609. The van der Waals surface area contributed by atoms with Gasteiger partial charge in [-0.3, -0.25) is 0 Å². The van der Waals surface area contributed by atoms with Gasteiger partial charge in [0.1, 0.15) is 16.5 Å². The highest BCUT2D eigenvalue weighted by atomic mass is 35.5. The molecular formula is C23H30ClN5O3S. The SMILES string of the molecule is Cc1nc(N2CCC3(CC2)CO[C@@H](C)C3)c(CO)nc1Sc1ccnc(NC2COC2)c1Cl. The first-order chi connectivity index (χ1) is 16.0. The summed E-state index contributed by atoms with van der Waals surface area (Å²) >= 11 is 8.07. The molecule has 3 aliphatic rings. The third-order valence-corrected chi connectivity index (χ3v) is 8.42. The number of anilines is 2. The van der Waals surface area contributed by atoms with Crippen LogP contribution in [0.3, 0.4) is 0 Å². The molecule has 0 aromatic carbocycles. The fourth-order valence-electron chi connectivity index (χ4n) is 4.79. The molecule has 0 radical (unpaired) electrons. The topological polar surface area (TPSA) is 92.6 Å². The fourth-order valence-corrected chi connectivity index (χ4v) is 5.95. The highest BCUT2D eigenvalue weighted by Crippen LogP contribution is 2.43. The number of halogens is 1. The number of hydrogen-bond acceptors (Lipinski definition) is 9. The average molecular weight is 492 g/mol. The van der Waals surface area contributed by atoms with Gasteiger partial charge >= 0.3 is 0 Å². The van der Waals surface area contributed by atoms with Gasteiger partial charge in [0.05, 0.1) is 49.3 Å². The first kappa shape index (κ1) is 23.1. The van der Waals surface area contributed by atoms with Gasteiger partial charge in [-0.15, -0.1) is 0 Å². The first-order valence-corrected chi connectivity index (χ1v) is 12.7. The molecule has 0 bridgehead atoms. The van der Waals surface area contributed by atoms with Crippen LogP contribution in [0.25, 0.3) is 0 Å². The summed E-state index contributed by atoms with van der Waals surface area (Å²) in [5.74, 6) is 1.43. The normalized spacial score (nSPS) is 22.5. The summed E-state index contributed by atoms with van der Waals surface area (Å²) in [5.41, 5.74) is 1.72. The van der Waals surface area contributed by atoms with Crippen LogP contribution in [-0.2, 0) is 16.1 Å². The van der Waals surface area contributed by atoms with Crippen molar-refractivity contribution in [3.63, 3.8) is 0 Å². The molecule has 5 heterocycles. The Morgan fingerprint density at radius 3 is 2.73 bits per heavy atom. The molecule has 2 aromatic rings. The molecule has 0 aliphatic carbocycles. The molecule has 10 heteroatoms. The van der Waals surface area contributed by atoms with E-state index in [4.69, 9.17) is 31.0 Å². The van der Waals surface area contributed by atoms with E-state index in [0.717, 1.165) is 60.4 Å². The van der Waals surface area contributed by atoms with Gasteiger partial charge < -0.3 is 24.8 Å². The molecule has 33 heavy (non-hydrogen) atoms. The van der Waals surface area contributed by atoms with Gasteiger partial charge in [0.25, 0.3) is 0 Å². The van der Waals surface area contributed by atoms with E-state index in [0.29, 0.717) is 41.3 Å². The zero-order valence-corrected chi connectivity index (χ0v) is 20.6. The van der Waals surface area contributed by atoms with Crippen LogP contribution in [0.5, 0.6) is 0 Å². The summed E-state index contributed by atoms with van der Waals surface area (Å²) in [6.45, 7) is 7.93. The van der Waals surface area contributed by atoms with E-state index in [1.807, 2.05) is 13.0 Å². The maximum atomic E-state index is 10.1. The molecular weight excluding hydrogens is 462 g/mol. The molecule has 1 spiro atoms. The van der Waals surface area contributed by atoms with Crippen LogP contribution in [-0.4, -0.2) is 65.1 Å². The summed E-state index contributed by atoms with van der Waals surface area (Å²) in [4.78, 5) is 17.1. The summed E-state index contributed by atoms with van der Waals surface area (Å²) in [6.07, 6.45) is 5.37. The van der Waals surface area contributed by atoms with Crippen molar-refractivity contribution in [1.29, 1.82) is 0 Å². The Kier molecular flexibility index (Phi) is 6.68. The second kappa shape index (κ2) is 9.54. The van der Waals surface area contributed by atoms with E-state index < -0.39 is 0 Å². The highest BCUT2D eigenvalue weighted by Gasteiger charge is 2.41. The molecule has 178 valence electrons. The number of aryl methyl sites for hydroxylation is 1. The lowest BCUT2D eigenvalue weighted by atomic mass is 9.77. The van der Waals surface area contributed by atoms with Crippen molar-refractivity contribution in [1.82, 2.24) is 15.0 Å². The summed E-state index contributed by atoms with van der Waals surface area (Å²) in [6, 6.07) is 2.11. The second-order valence-electron chi connectivity index (χ2n) is 9.31. The molecule has 0 saturated carbocycles. The minimum absolute atomic E-state index is 0.156. The standard InChI is InChI=1S/C23H30ClN5O3S/c1-14-9-23(13-32-14)4-7-29(8-5-23)21-17(10-30)28-22(15(2)26-21)33-18-3-6-25-20(19(18)24)27-16-11-31-12-16/h3,6,14,16,30H,4-5,7-13H2,1-2H3,(H,25,27)/t14-/m0/s1. The minimum Gasteiger partial charge on any atom is -0.390 e. The van der Waals surface area contributed by atoms with Gasteiger partial charge in [0.15, 0.2) is 5.82 Å². The minimum atomic E-state index is -0.156. The predicted molar refractivity (Wildman–Crippen MR) is 128 cm³/mol. The molecule has 2 N–H and O–H groups in total. The lowest BCUT2D eigenvalue weighted by molar-refractivity contribution is 0.0209. The van der Waals surface area contributed by atoms with Crippen LogP contribution in [0.2, 0.25) is 5.02 Å². The van der Waals surface area contributed by atoms with Crippen molar-refractivity contribution in [3.8, 4) is 0 Å². The zero-order valence-electron chi connectivity index (χ0n) is 19.0. The van der Waals surface area contributed by atoms with E-state index >= 15 is 0 Å². The number of aliphatic hydroxyl groups excluding tert-OH is 1. The Morgan fingerprint density at radius 1 is 1.30 bits per heavy atom. The monoisotopic (exact) mass is 491 g/mol. The van der Waals surface area contributed by atoms with Gasteiger partial charge in [-0.1, -0.05) is 23.4 Å². The Balaban J connectivity index is 1.33. The second-order valence-corrected chi connectivity index (χ2v) is 10.7. The average Bonchev–Trinajstić information content (AvgIpc) is 3.14. The van der Waals surface area contributed by atoms with Crippen molar-refractivity contribution in [2.75, 3.05) is 43.1 Å². The Bertz CT molecular complexity index is 1010. The highest BCUT2D eigenvalue weighted by molar-refractivity contribution is 7.99. The number of piperidine rings is 1. The van der Waals surface area contributed by atoms with E-state index in [-0.39, 0.29) is 12.6 Å². The molecule has 5 rings (SSSR count). The van der Waals surface area contributed by atoms with Crippen molar-refractivity contribution in [2.24, 2.45) is 5.41 Å². The van der Waals surface area contributed by atoms with Crippen LogP contribution < -0.4 is 10.2 Å². The number of rotatable bonds is 6. The third-order valence-electron chi connectivity index (χ3n) is 6.78. The largest absolute Gasteiger partial charge is 0.390 e. The maximum absolute atomic E-state index is 10.1. The molecule has 0 amide bonds. The van der Waals surface area contributed by atoms with E-state index in [2.05, 4.69) is 22.1 Å². The van der Waals surface area contributed by atoms with Crippen molar-refractivity contribution < 1.29 is 14.6 Å². The van der Waals surface area contributed by atoms with Crippen LogP contribution in [0.1, 0.15) is 37.6 Å². The molecule has 3 saturated heterocycles. The number of hydrogen-bond donors (Lipinski definition) is 2. The van der Waals surface area contributed by atoms with E-state index in [1.165, 1.54) is 11.8 Å². The third kappa shape index (κ3) is 4.79. The van der Waals surface area contributed by atoms with Gasteiger partial charge in [0, 0.05) is 24.2 Å². The molecule has 3 fully saturated rings. The zero-order chi connectivity index (χ0) is 23.0. The van der Waals surface area contributed by atoms with Crippen LogP contribution >= 0.6 is 23.4 Å². The summed E-state index contributed by atoms with van der Waals surface area (Å²) in [7, 11) is 0. The van der Waals surface area contributed by atoms with Crippen LogP contribution in [0.4, 0.5) is 11.6 Å². The molecule has 3 aliphatic heterocycles. The number of aliphatic hydroxyl groups is 1. The number of pyridine rings is 1. The summed E-state index contributed by atoms with van der Waals surface area (Å²) in [5, 5.41) is 14.7. The van der Waals surface area contributed by atoms with Crippen LogP contribution in [0.15, 0.2) is 22.2 Å². The molecule has 2 aromatic heterocycles. The number of ether oxygens (including phenoxy) is 2. The van der Waals surface area contributed by atoms with Gasteiger partial charge in [-0.2, -0.15) is 0 Å². The Labute approximate surface area is 203 Å². The smallest absolute Gasteiger partial charge is 0.153 e. The first-order valence-electron chi connectivity index (χ1n) is 11.5. The number of aromatic nitrogens is 3. The van der Waals surface area contributed by atoms with E-state index in [1.54, 1.807) is 6.20 Å². The lowest BCUT2D eigenvalue weighted by Gasteiger charge is -2.39. The molecule has 8 nitrogen and oxygen atoms in total. The van der Waals surface area contributed by atoms with E-state index in [9.17, 15) is 5.11 Å². The quantitative estimate of drug-likeness (QED) is 0.627. The Morgan fingerprint density at radius 2 is 2.09 bits per heavy atom. The van der Waals surface area contributed by atoms with Crippen molar-refractivity contribution >= 4 is 35.0 Å². The molecule has 1 atom stereocenters. The molecule has 0 unspecified atom stereocenters. The lowest BCUT2D eigenvalue weighted by Crippen LogP contribution is -2.41. The van der Waals surface area contributed by atoms with Crippen molar-refractivity contribution in [3.05, 3.63) is 28.7 Å². The van der Waals surface area contributed by atoms with Crippen molar-refractivity contribution in [2.45, 2.75) is 61.8 Å². The number of nitrogens with zero attached hydrogens (tertiary/aromatic N) is 4. The van der Waals surface area contributed by atoms with Gasteiger partial charge in [0.2, 0.25) is 0 Å². The van der Waals surface area contributed by atoms with Gasteiger partial charge in [-0.25, -0.2) is 15.0 Å². The Hall–Kier alpha value is -1.65. The van der Waals surface area contributed by atoms with Crippen LogP contribution in [0, 0.1) is 12.3 Å².